The lowest BCUT2D eigenvalue weighted by atomic mass is 9.97. The summed E-state index contributed by atoms with van der Waals surface area (Å²) in [6, 6.07) is 1.15. The molecule has 0 aliphatic carbocycles. The molecule has 2 fully saturated rings. The molecule has 0 aromatic carbocycles. The number of rotatable bonds is 6. The minimum Gasteiger partial charge on any atom is -0.335 e. The van der Waals surface area contributed by atoms with Gasteiger partial charge in [-0.25, -0.2) is 9.50 Å². The Morgan fingerprint density at radius 3 is 2.71 bits per heavy atom. The normalized spacial score (nSPS) is 21.4. The minimum atomic E-state index is 0.0555. The van der Waals surface area contributed by atoms with Crippen LogP contribution in [0.1, 0.15) is 56.0 Å². The maximum atomic E-state index is 13.0. The molecule has 2 aliphatic rings. The van der Waals surface area contributed by atoms with Crippen molar-refractivity contribution in [2.45, 2.75) is 58.7 Å². The summed E-state index contributed by atoms with van der Waals surface area (Å²) in [6.07, 6.45) is 9.42. The van der Waals surface area contributed by atoms with Crippen LogP contribution in [0, 0.1) is 0 Å². The smallest absolute Gasteiger partial charge is 0.259 e. The van der Waals surface area contributed by atoms with Crippen LogP contribution in [-0.2, 0) is 6.54 Å². The van der Waals surface area contributed by atoms with E-state index < -0.39 is 0 Å². The van der Waals surface area contributed by atoms with E-state index in [-0.39, 0.29) is 5.91 Å². The van der Waals surface area contributed by atoms with Crippen molar-refractivity contribution in [2.24, 2.45) is 0 Å². The quantitative estimate of drug-likeness (QED) is 0.765. The van der Waals surface area contributed by atoms with E-state index in [0.717, 1.165) is 38.3 Å². The van der Waals surface area contributed by atoms with Gasteiger partial charge in [0.05, 0.1) is 6.20 Å². The summed E-state index contributed by atoms with van der Waals surface area (Å²) in [6.45, 7) is 12.3. The fourth-order valence-electron chi connectivity index (χ4n) is 4.52. The molecule has 2 aliphatic heterocycles. The second-order valence-corrected chi connectivity index (χ2v) is 8.20. The molecule has 2 aromatic heterocycles. The molecular weight excluding hydrogens is 352 g/mol. The Balaban J connectivity index is 1.42. The van der Waals surface area contributed by atoms with Gasteiger partial charge >= 0.3 is 0 Å². The highest BCUT2D eigenvalue weighted by molar-refractivity contribution is 6.00. The van der Waals surface area contributed by atoms with E-state index in [0.29, 0.717) is 23.3 Å². The summed E-state index contributed by atoms with van der Waals surface area (Å²) < 4.78 is 1.75. The van der Waals surface area contributed by atoms with Crippen LogP contribution < -0.4 is 0 Å². The number of hydrogen-bond donors (Lipinski definition) is 0. The standard InChI is InChI=1S/C21H32N6O/c1-4-24(5-2)12-17-10-22-20-19(11-23-27(20)13-17)21(28)25-14-18(15-25)26-9-7-6-8-16(26)3/h10-11,13,16,18H,4-9,12,14-15H2,1-3H3. The van der Waals surface area contributed by atoms with Gasteiger partial charge in [0.25, 0.3) is 5.91 Å². The molecule has 4 rings (SSSR count). The van der Waals surface area contributed by atoms with Crippen LogP contribution in [0.5, 0.6) is 0 Å². The highest BCUT2D eigenvalue weighted by Gasteiger charge is 2.38. The second kappa shape index (κ2) is 8.17. The first-order valence-corrected chi connectivity index (χ1v) is 10.7. The third-order valence-electron chi connectivity index (χ3n) is 6.41. The third kappa shape index (κ3) is 3.65. The Morgan fingerprint density at radius 2 is 2.00 bits per heavy atom. The van der Waals surface area contributed by atoms with Crippen molar-refractivity contribution in [3.8, 4) is 0 Å². The van der Waals surface area contributed by atoms with Gasteiger partial charge in [0, 0.05) is 49.7 Å². The van der Waals surface area contributed by atoms with Gasteiger partial charge in [-0.2, -0.15) is 5.10 Å². The lowest BCUT2D eigenvalue weighted by molar-refractivity contribution is 0.00222. The van der Waals surface area contributed by atoms with Crippen molar-refractivity contribution in [1.29, 1.82) is 0 Å². The van der Waals surface area contributed by atoms with Crippen LogP contribution in [0.4, 0.5) is 0 Å². The second-order valence-electron chi connectivity index (χ2n) is 8.20. The van der Waals surface area contributed by atoms with Crippen molar-refractivity contribution in [3.63, 3.8) is 0 Å². The zero-order valence-electron chi connectivity index (χ0n) is 17.3. The summed E-state index contributed by atoms with van der Waals surface area (Å²) in [5, 5.41) is 4.40. The summed E-state index contributed by atoms with van der Waals surface area (Å²) in [7, 11) is 0. The number of carbonyl (C=O) groups is 1. The fraction of sp³-hybridized carbons (Fsp3) is 0.667. The van der Waals surface area contributed by atoms with E-state index in [1.165, 1.54) is 25.8 Å². The minimum absolute atomic E-state index is 0.0555. The topological polar surface area (TPSA) is 57.0 Å². The molecular formula is C21H32N6O. The van der Waals surface area contributed by atoms with Gasteiger partial charge in [-0.15, -0.1) is 0 Å². The predicted molar refractivity (Wildman–Crippen MR) is 109 cm³/mol. The molecule has 0 radical (unpaired) electrons. The predicted octanol–water partition coefficient (Wildman–Crippen LogP) is 2.27. The van der Waals surface area contributed by atoms with Crippen LogP contribution >= 0.6 is 0 Å². The van der Waals surface area contributed by atoms with Gasteiger partial charge in [-0.05, 0) is 39.4 Å². The molecule has 152 valence electrons. The fourth-order valence-corrected chi connectivity index (χ4v) is 4.52. The number of aromatic nitrogens is 3. The SMILES string of the molecule is CCN(CC)Cc1cnc2c(C(=O)N3CC(N4CCCCC4C)C3)cnn2c1. The van der Waals surface area contributed by atoms with E-state index in [2.05, 4.69) is 40.7 Å². The molecule has 1 atom stereocenters. The monoisotopic (exact) mass is 384 g/mol. The molecule has 1 unspecified atom stereocenters. The Labute approximate surface area is 167 Å². The first-order chi connectivity index (χ1) is 13.6. The van der Waals surface area contributed by atoms with Gasteiger partial charge in [-0.3, -0.25) is 14.6 Å². The highest BCUT2D eigenvalue weighted by atomic mass is 16.2. The molecule has 1 amide bonds. The van der Waals surface area contributed by atoms with Crippen LogP contribution in [0.25, 0.3) is 5.65 Å². The number of piperidine rings is 1. The third-order valence-corrected chi connectivity index (χ3v) is 6.41. The number of carbonyl (C=O) groups excluding carboxylic acids is 1. The van der Waals surface area contributed by atoms with E-state index in [1.54, 1.807) is 10.7 Å². The molecule has 2 aromatic rings. The van der Waals surface area contributed by atoms with E-state index in [1.807, 2.05) is 17.3 Å². The maximum absolute atomic E-state index is 13.0. The average Bonchev–Trinajstić information content (AvgIpc) is 3.09. The Kier molecular flexibility index (Phi) is 5.64. The summed E-state index contributed by atoms with van der Waals surface area (Å²) in [4.78, 5) is 24.4. The van der Waals surface area contributed by atoms with Gasteiger partial charge in [0.2, 0.25) is 0 Å². The largest absolute Gasteiger partial charge is 0.335 e. The molecule has 7 nitrogen and oxygen atoms in total. The zero-order valence-corrected chi connectivity index (χ0v) is 17.3. The average molecular weight is 385 g/mol. The molecule has 28 heavy (non-hydrogen) atoms. The van der Waals surface area contributed by atoms with Crippen LogP contribution in [-0.4, -0.2) is 80.0 Å². The van der Waals surface area contributed by atoms with Crippen LogP contribution in [0.3, 0.4) is 0 Å². The van der Waals surface area contributed by atoms with E-state index in [9.17, 15) is 4.79 Å². The highest BCUT2D eigenvalue weighted by Crippen LogP contribution is 2.26. The lowest BCUT2D eigenvalue weighted by Crippen LogP contribution is -2.63. The molecule has 0 saturated carbocycles. The Bertz CT molecular complexity index is 823. The lowest BCUT2D eigenvalue weighted by Gasteiger charge is -2.49. The molecule has 4 heterocycles. The van der Waals surface area contributed by atoms with Crippen LogP contribution in [0.2, 0.25) is 0 Å². The van der Waals surface area contributed by atoms with Crippen molar-refractivity contribution in [3.05, 3.63) is 29.7 Å². The summed E-state index contributed by atoms with van der Waals surface area (Å²) in [5.41, 5.74) is 2.38. The Morgan fingerprint density at radius 1 is 1.21 bits per heavy atom. The van der Waals surface area contributed by atoms with E-state index >= 15 is 0 Å². The van der Waals surface area contributed by atoms with Crippen molar-refractivity contribution in [2.75, 3.05) is 32.7 Å². The van der Waals surface area contributed by atoms with Crippen LogP contribution in [0.15, 0.2) is 18.6 Å². The number of nitrogens with zero attached hydrogens (tertiary/aromatic N) is 6. The molecule has 0 N–H and O–H groups in total. The number of amides is 1. The maximum Gasteiger partial charge on any atom is 0.259 e. The van der Waals surface area contributed by atoms with Crippen molar-refractivity contribution >= 4 is 11.6 Å². The first-order valence-electron chi connectivity index (χ1n) is 10.7. The number of fused-ring (bicyclic) bond motifs is 1. The molecule has 7 heteroatoms. The molecule has 2 saturated heterocycles. The zero-order chi connectivity index (χ0) is 19.7. The van der Waals surface area contributed by atoms with Crippen molar-refractivity contribution in [1.82, 2.24) is 29.3 Å². The van der Waals surface area contributed by atoms with Gasteiger partial charge < -0.3 is 4.90 Å². The van der Waals surface area contributed by atoms with Gasteiger partial charge in [0.1, 0.15) is 5.56 Å². The first kappa shape index (κ1) is 19.3. The summed E-state index contributed by atoms with van der Waals surface area (Å²) >= 11 is 0. The molecule has 0 spiro atoms. The number of hydrogen-bond acceptors (Lipinski definition) is 5. The van der Waals surface area contributed by atoms with Gasteiger partial charge in [0.15, 0.2) is 5.65 Å². The van der Waals surface area contributed by atoms with E-state index in [4.69, 9.17) is 0 Å². The summed E-state index contributed by atoms with van der Waals surface area (Å²) in [5.74, 6) is 0.0555. The Hall–Kier alpha value is -1.99. The van der Waals surface area contributed by atoms with Gasteiger partial charge in [-0.1, -0.05) is 20.3 Å². The number of likely N-dealkylation sites (tertiary alicyclic amines) is 2. The van der Waals surface area contributed by atoms with Crippen molar-refractivity contribution < 1.29 is 4.79 Å². The molecule has 0 bridgehead atoms.